The molecule has 2 aliphatic heterocycles. The molecule has 2 fully saturated rings. The zero-order valence-corrected chi connectivity index (χ0v) is 10.6. The van der Waals surface area contributed by atoms with Crippen LogP contribution in [-0.4, -0.2) is 48.6 Å². The lowest BCUT2D eigenvalue weighted by Crippen LogP contribution is -2.52. The molecule has 0 spiro atoms. The quantitative estimate of drug-likeness (QED) is 0.704. The second kappa shape index (κ2) is 4.42. The molecule has 1 atom stereocenters. The van der Waals surface area contributed by atoms with Crippen molar-refractivity contribution in [2.75, 3.05) is 32.7 Å². The summed E-state index contributed by atoms with van der Waals surface area (Å²) in [5.74, 6) is 0. The van der Waals surface area contributed by atoms with Crippen LogP contribution in [0.25, 0.3) is 0 Å². The van der Waals surface area contributed by atoms with Crippen molar-refractivity contribution >= 4 is 0 Å². The zero-order valence-electron chi connectivity index (χ0n) is 10.6. The molecule has 0 aliphatic carbocycles. The number of fused-ring (bicyclic) bond motifs is 1. The van der Waals surface area contributed by atoms with E-state index in [9.17, 15) is 0 Å². The summed E-state index contributed by atoms with van der Waals surface area (Å²) in [4.78, 5) is 5.38. The van der Waals surface area contributed by atoms with Gasteiger partial charge in [-0.15, -0.1) is 0 Å². The fourth-order valence-corrected chi connectivity index (χ4v) is 2.92. The molecule has 0 N–H and O–H groups in total. The fraction of sp³-hybridized carbons (Fsp3) is 1.00. The lowest BCUT2D eigenvalue weighted by atomic mass is 9.89. The molecule has 2 heterocycles. The van der Waals surface area contributed by atoms with Crippen molar-refractivity contribution < 1.29 is 0 Å². The van der Waals surface area contributed by atoms with Crippen LogP contribution in [-0.2, 0) is 0 Å². The smallest absolute Gasteiger partial charge is 0.0224 e. The molecule has 2 rings (SSSR count). The van der Waals surface area contributed by atoms with E-state index < -0.39 is 0 Å². The number of rotatable bonds is 3. The molecule has 0 saturated carbocycles. The Labute approximate surface area is 94.6 Å². The maximum atomic E-state index is 2.69. The van der Waals surface area contributed by atoms with Gasteiger partial charge in [0.25, 0.3) is 0 Å². The third kappa shape index (κ3) is 2.73. The lowest BCUT2D eigenvalue weighted by Gasteiger charge is -2.40. The molecule has 0 aromatic heterocycles. The largest absolute Gasteiger partial charge is 0.300 e. The van der Waals surface area contributed by atoms with Gasteiger partial charge in [-0.05, 0) is 31.2 Å². The molecule has 0 aromatic rings. The molecular weight excluding hydrogens is 184 g/mol. The average Bonchev–Trinajstić information content (AvgIpc) is 2.64. The van der Waals surface area contributed by atoms with Crippen LogP contribution in [0.2, 0.25) is 0 Å². The zero-order chi connectivity index (χ0) is 10.9. The van der Waals surface area contributed by atoms with E-state index in [2.05, 4.69) is 30.6 Å². The fourth-order valence-electron chi connectivity index (χ4n) is 2.92. The summed E-state index contributed by atoms with van der Waals surface area (Å²) < 4.78 is 0. The number of hydrogen-bond donors (Lipinski definition) is 0. The Kier molecular flexibility index (Phi) is 3.36. The Morgan fingerprint density at radius 2 is 2.00 bits per heavy atom. The Bertz CT molecular complexity index is 213. The van der Waals surface area contributed by atoms with Gasteiger partial charge >= 0.3 is 0 Å². The van der Waals surface area contributed by atoms with Crippen molar-refractivity contribution in [1.29, 1.82) is 0 Å². The van der Waals surface area contributed by atoms with Crippen molar-refractivity contribution in [3.05, 3.63) is 0 Å². The molecule has 0 bridgehead atoms. The summed E-state index contributed by atoms with van der Waals surface area (Å²) in [5.41, 5.74) is 0.501. The Morgan fingerprint density at radius 1 is 1.20 bits per heavy atom. The second-order valence-electron chi connectivity index (χ2n) is 6.08. The van der Waals surface area contributed by atoms with Crippen LogP contribution < -0.4 is 0 Å². The number of hydrogen-bond acceptors (Lipinski definition) is 2. The van der Waals surface area contributed by atoms with Gasteiger partial charge in [0.2, 0.25) is 0 Å². The molecule has 0 amide bonds. The van der Waals surface area contributed by atoms with Gasteiger partial charge in [-0.2, -0.15) is 0 Å². The molecular formula is C13H26N2. The van der Waals surface area contributed by atoms with Gasteiger partial charge < -0.3 is 0 Å². The van der Waals surface area contributed by atoms with Crippen molar-refractivity contribution in [3.8, 4) is 0 Å². The summed E-state index contributed by atoms with van der Waals surface area (Å²) in [6.45, 7) is 13.7. The highest BCUT2D eigenvalue weighted by Gasteiger charge is 2.32. The Hall–Kier alpha value is -0.0800. The van der Waals surface area contributed by atoms with E-state index in [-0.39, 0.29) is 0 Å². The first-order valence-corrected chi connectivity index (χ1v) is 6.57. The van der Waals surface area contributed by atoms with Gasteiger partial charge in [-0.25, -0.2) is 0 Å². The highest BCUT2D eigenvalue weighted by molar-refractivity contribution is 4.88. The highest BCUT2D eigenvalue weighted by atomic mass is 15.3. The molecule has 0 aromatic carbocycles. The van der Waals surface area contributed by atoms with Crippen LogP contribution in [0.1, 0.15) is 40.0 Å². The molecule has 0 radical (unpaired) electrons. The second-order valence-corrected chi connectivity index (χ2v) is 6.08. The predicted molar refractivity (Wildman–Crippen MR) is 65.1 cm³/mol. The standard InChI is InChI=1S/C13H26N2/c1-4-13(2,3)11-14-8-9-15-7-5-6-12(15)10-14/h12H,4-11H2,1-3H3. The van der Waals surface area contributed by atoms with E-state index in [0.29, 0.717) is 5.41 Å². The van der Waals surface area contributed by atoms with E-state index in [4.69, 9.17) is 0 Å². The first-order valence-electron chi connectivity index (χ1n) is 6.57. The van der Waals surface area contributed by atoms with Crippen LogP contribution in [0, 0.1) is 5.41 Å². The summed E-state index contributed by atoms with van der Waals surface area (Å²) in [5, 5.41) is 0. The van der Waals surface area contributed by atoms with Crippen LogP contribution in [0.4, 0.5) is 0 Å². The van der Waals surface area contributed by atoms with Gasteiger partial charge in [-0.1, -0.05) is 20.8 Å². The van der Waals surface area contributed by atoms with Crippen molar-refractivity contribution in [2.24, 2.45) is 5.41 Å². The molecule has 2 aliphatic rings. The first-order chi connectivity index (χ1) is 7.11. The van der Waals surface area contributed by atoms with Crippen LogP contribution >= 0.6 is 0 Å². The van der Waals surface area contributed by atoms with Gasteiger partial charge in [0.15, 0.2) is 0 Å². The summed E-state index contributed by atoms with van der Waals surface area (Å²) in [7, 11) is 0. The van der Waals surface area contributed by atoms with Gasteiger partial charge in [0, 0.05) is 32.2 Å². The van der Waals surface area contributed by atoms with Gasteiger partial charge in [0.05, 0.1) is 0 Å². The summed E-state index contributed by atoms with van der Waals surface area (Å²) in [6.07, 6.45) is 4.15. The van der Waals surface area contributed by atoms with Crippen LogP contribution in [0.15, 0.2) is 0 Å². The van der Waals surface area contributed by atoms with Crippen molar-refractivity contribution in [1.82, 2.24) is 9.80 Å². The maximum Gasteiger partial charge on any atom is 0.0224 e. The minimum absolute atomic E-state index is 0.501. The van der Waals surface area contributed by atoms with Crippen LogP contribution in [0.3, 0.4) is 0 Å². The molecule has 1 unspecified atom stereocenters. The maximum absolute atomic E-state index is 2.69. The van der Waals surface area contributed by atoms with E-state index in [1.807, 2.05) is 0 Å². The minimum Gasteiger partial charge on any atom is -0.300 e. The lowest BCUT2D eigenvalue weighted by molar-refractivity contribution is 0.0733. The first kappa shape index (κ1) is 11.4. The highest BCUT2D eigenvalue weighted by Crippen LogP contribution is 2.26. The topological polar surface area (TPSA) is 6.48 Å². The predicted octanol–water partition coefficient (Wildman–Crippen LogP) is 2.20. The van der Waals surface area contributed by atoms with Gasteiger partial charge in [0.1, 0.15) is 0 Å². The minimum atomic E-state index is 0.501. The monoisotopic (exact) mass is 210 g/mol. The Balaban J connectivity index is 1.85. The SMILES string of the molecule is CCC(C)(C)CN1CCN2CCCC2C1. The third-order valence-corrected chi connectivity index (χ3v) is 4.28. The molecule has 15 heavy (non-hydrogen) atoms. The van der Waals surface area contributed by atoms with Crippen molar-refractivity contribution in [2.45, 2.75) is 46.1 Å². The molecule has 88 valence electrons. The summed E-state index contributed by atoms with van der Waals surface area (Å²) >= 11 is 0. The molecule has 2 nitrogen and oxygen atoms in total. The Morgan fingerprint density at radius 3 is 2.73 bits per heavy atom. The van der Waals surface area contributed by atoms with Crippen LogP contribution in [0.5, 0.6) is 0 Å². The normalized spacial score (nSPS) is 29.4. The van der Waals surface area contributed by atoms with E-state index in [1.165, 1.54) is 52.0 Å². The number of piperazine rings is 1. The summed E-state index contributed by atoms with van der Waals surface area (Å²) in [6, 6.07) is 0.881. The van der Waals surface area contributed by atoms with E-state index >= 15 is 0 Å². The average molecular weight is 210 g/mol. The van der Waals surface area contributed by atoms with E-state index in [1.54, 1.807) is 0 Å². The van der Waals surface area contributed by atoms with Gasteiger partial charge in [-0.3, -0.25) is 9.80 Å². The molecule has 2 heteroatoms. The van der Waals surface area contributed by atoms with Crippen molar-refractivity contribution in [3.63, 3.8) is 0 Å². The number of nitrogens with zero attached hydrogens (tertiary/aromatic N) is 2. The molecule has 2 saturated heterocycles. The van der Waals surface area contributed by atoms with E-state index in [0.717, 1.165) is 6.04 Å². The third-order valence-electron chi connectivity index (χ3n) is 4.28.